The Labute approximate surface area is 128 Å². The highest BCUT2D eigenvalue weighted by molar-refractivity contribution is 5.97. The molecule has 2 rings (SSSR count). The normalized spacial score (nSPS) is 9.59. The Bertz CT molecular complexity index is 705. The fraction of sp³-hybridized carbons (Fsp3) is 0.118. The number of hydrogen-bond acceptors (Lipinski definition) is 3. The highest BCUT2D eigenvalue weighted by atomic mass is 16.2. The number of rotatable bonds is 5. The van der Waals surface area contributed by atoms with Crippen LogP contribution in [0.1, 0.15) is 22.3 Å². The second kappa shape index (κ2) is 7.60. The lowest BCUT2D eigenvalue weighted by Crippen LogP contribution is -2.23. The summed E-state index contributed by atoms with van der Waals surface area (Å²) in [6, 6.07) is 18.0. The van der Waals surface area contributed by atoms with Crippen LogP contribution in [0.15, 0.2) is 54.6 Å². The van der Waals surface area contributed by atoms with Crippen LogP contribution in [0.25, 0.3) is 0 Å². The zero-order valence-electron chi connectivity index (χ0n) is 11.9. The van der Waals surface area contributed by atoms with Crippen molar-refractivity contribution in [3.8, 4) is 6.07 Å². The zero-order valence-corrected chi connectivity index (χ0v) is 11.9. The number of anilines is 1. The number of nitrogens with zero attached hydrogens (tertiary/aromatic N) is 1. The maximum atomic E-state index is 12.1. The number of benzene rings is 2. The van der Waals surface area contributed by atoms with Crippen LogP contribution in [0.4, 0.5) is 5.69 Å². The number of hydrogen-bond donors (Lipinski definition) is 2. The molecule has 0 saturated heterocycles. The predicted molar refractivity (Wildman–Crippen MR) is 82.9 cm³/mol. The first-order valence-corrected chi connectivity index (χ1v) is 6.78. The van der Waals surface area contributed by atoms with E-state index in [-0.39, 0.29) is 12.3 Å². The van der Waals surface area contributed by atoms with Crippen molar-refractivity contribution in [1.82, 2.24) is 5.32 Å². The van der Waals surface area contributed by atoms with E-state index in [1.807, 2.05) is 30.3 Å². The largest absolute Gasteiger partial charge is 0.348 e. The van der Waals surface area contributed by atoms with E-state index in [4.69, 9.17) is 5.26 Å². The van der Waals surface area contributed by atoms with Crippen molar-refractivity contribution in [2.45, 2.75) is 13.0 Å². The summed E-state index contributed by atoms with van der Waals surface area (Å²) in [7, 11) is 0. The number of carbonyl (C=O) groups is 2. The molecule has 22 heavy (non-hydrogen) atoms. The topological polar surface area (TPSA) is 82.0 Å². The Balaban J connectivity index is 1.98. The predicted octanol–water partition coefficient (Wildman–Crippen LogP) is 2.47. The van der Waals surface area contributed by atoms with E-state index in [2.05, 4.69) is 10.6 Å². The molecule has 110 valence electrons. The Morgan fingerprint density at radius 3 is 2.55 bits per heavy atom. The van der Waals surface area contributed by atoms with Crippen molar-refractivity contribution >= 4 is 17.5 Å². The smallest absolute Gasteiger partial charge is 0.251 e. The molecule has 2 amide bonds. The molecule has 0 aliphatic heterocycles. The van der Waals surface area contributed by atoms with E-state index < -0.39 is 5.91 Å². The van der Waals surface area contributed by atoms with Gasteiger partial charge in [-0.3, -0.25) is 9.59 Å². The molecule has 0 aromatic heterocycles. The average Bonchev–Trinajstić information content (AvgIpc) is 2.54. The van der Waals surface area contributed by atoms with Crippen molar-refractivity contribution in [1.29, 1.82) is 5.26 Å². The Hall–Kier alpha value is -3.13. The van der Waals surface area contributed by atoms with Crippen LogP contribution in [0.2, 0.25) is 0 Å². The molecule has 2 aromatic rings. The molecular weight excluding hydrogens is 278 g/mol. The van der Waals surface area contributed by atoms with Crippen LogP contribution in [-0.2, 0) is 11.3 Å². The maximum absolute atomic E-state index is 12.1. The van der Waals surface area contributed by atoms with Crippen LogP contribution in [0.5, 0.6) is 0 Å². The van der Waals surface area contributed by atoms with E-state index in [9.17, 15) is 9.59 Å². The second-order valence-corrected chi connectivity index (χ2v) is 4.63. The molecule has 2 N–H and O–H groups in total. The lowest BCUT2D eigenvalue weighted by Gasteiger charge is -2.07. The van der Waals surface area contributed by atoms with Gasteiger partial charge in [0.2, 0.25) is 5.91 Å². The summed E-state index contributed by atoms with van der Waals surface area (Å²) in [4.78, 5) is 23.5. The molecule has 0 spiro atoms. The third kappa shape index (κ3) is 4.46. The summed E-state index contributed by atoms with van der Waals surface area (Å²) in [6.45, 7) is 0.435. The fourth-order valence-corrected chi connectivity index (χ4v) is 1.90. The Kier molecular flexibility index (Phi) is 5.27. The molecule has 5 nitrogen and oxygen atoms in total. The van der Waals surface area contributed by atoms with Gasteiger partial charge >= 0.3 is 0 Å². The van der Waals surface area contributed by atoms with Crippen LogP contribution in [0.3, 0.4) is 0 Å². The molecule has 0 saturated carbocycles. The molecular formula is C17H15N3O2. The number of amides is 2. The molecule has 0 radical (unpaired) electrons. The summed E-state index contributed by atoms with van der Waals surface area (Å²) < 4.78 is 0. The van der Waals surface area contributed by atoms with Gasteiger partial charge < -0.3 is 10.6 Å². The number of nitrogens with one attached hydrogen (secondary N) is 2. The van der Waals surface area contributed by atoms with Gasteiger partial charge in [0.25, 0.3) is 5.91 Å². The molecule has 0 bridgehead atoms. The van der Waals surface area contributed by atoms with E-state index in [1.54, 1.807) is 30.3 Å². The maximum Gasteiger partial charge on any atom is 0.251 e. The van der Waals surface area contributed by atoms with Gasteiger partial charge in [-0.2, -0.15) is 5.26 Å². The highest BCUT2D eigenvalue weighted by Gasteiger charge is 2.07. The third-order valence-electron chi connectivity index (χ3n) is 2.94. The summed E-state index contributed by atoms with van der Waals surface area (Å²) in [5, 5.41) is 13.8. The molecule has 2 aromatic carbocycles. The second-order valence-electron chi connectivity index (χ2n) is 4.63. The molecule has 0 atom stereocenters. The minimum Gasteiger partial charge on any atom is -0.348 e. The molecule has 0 heterocycles. The molecule has 5 heteroatoms. The monoisotopic (exact) mass is 293 g/mol. The first kappa shape index (κ1) is 15.3. The van der Waals surface area contributed by atoms with Gasteiger partial charge in [0.1, 0.15) is 6.42 Å². The van der Waals surface area contributed by atoms with Crippen molar-refractivity contribution in [3.63, 3.8) is 0 Å². The van der Waals surface area contributed by atoms with Crippen molar-refractivity contribution in [2.24, 2.45) is 0 Å². The Morgan fingerprint density at radius 1 is 1.05 bits per heavy atom. The minimum atomic E-state index is -0.399. The van der Waals surface area contributed by atoms with Crippen LogP contribution in [0, 0.1) is 11.3 Å². The summed E-state index contributed by atoms with van der Waals surface area (Å²) in [5.41, 5.74) is 1.95. The van der Waals surface area contributed by atoms with Gasteiger partial charge in [0.15, 0.2) is 0 Å². The van der Waals surface area contributed by atoms with Crippen LogP contribution in [-0.4, -0.2) is 11.8 Å². The molecule has 0 fully saturated rings. The third-order valence-corrected chi connectivity index (χ3v) is 2.94. The average molecular weight is 293 g/mol. The van der Waals surface area contributed by atoms with Gasteiger partial charge in [-0.25, -0.2) is 0 Å². The number of nitriles is 1. The van der Waals surface area contributed by atoms with E-state index >= 15 is 0 Å². The van der Waals surface area contributed by atoms with Gasteiger partial charge in [0.05, 0.1) is 6.07 Å². The highest BCUT2D eigenvalue weighted by Crippen LogP contribution is 2.11. The van der Waals surface area contributed by atoms with Gasteiger partial charge in [0, 0.05) is 17.8 Å². The SMILES string of the molecule is N#CCC(=O)Nc1cccc(C(=O)NCc2ccccc2)c1. The van der Waals surface area contributed by atoms with Crippen molar-refractivity contribution < 1.29 is 9.59 Å². The lowest BCUT2D eigenvalue weighted by atomic mass is 10.1. The minimum absolute atomic E-state index is 0.218. The quantitative estimate of drug-likeness (QED) is 0.888. The van der Waals surface area contributed by atoms with Crippen molar-refractivity contribution in [2.75, 3.05) is 5.32 Å². The molecule has 0 aliphatic carbocycles. The van der Waals surface area contributed by atoms with E-state index in [0.717, 1.165) is 5.56 Å². The van der Waals surface area contributed by atoms with Crippen LogP contribution < -0.4 is 10.6 Å². The zero-order chi connectivity index (χ0) is 15.8. The standard InChI is InChI=1S/C17H15N3O2/c18-10-9-16(21)20-15-8-4-7-14(11-15)17(22)19-12-13-5-2-1-3-6-13/h1-8,11H,9,12H2,(H,19,22)(H,20,21). The number of carbonyl (C=O) groups excluding carboxylic acids is 2. The van der Waals surface area contributed by atoms with Gasteiger partial charge in [-0.15, -0.1) is 0 Å². The summed E-state index contributed by atoms with van der Waals surface area (Å²) >= 11 is 0. The van der Waals surface area contributed by atoms with Gasteiger partial charge in [-0.1, -0.05) is 36.4 Å². The lowest BCUT2D eigenvalue weighted by molar-refractivity contribution is -0.115. The first-order valence-electron chi connectivity index (χ1n) is 6.78. The van der Waals surface area contributed by atoms with Crippen LogP contribution >= 0.6 is 0 Å². The fourth-order valence-electron chi connectivity index (χ4n) is 1.90. The van der Waals surface area contributed by atoms with Gasteiger partial charge in [-0.05, 0) is 23.8 Å². The Morgan fingerprint density at radius 2 is 1.82 bits per heavy atom. The first-order chi connectivity index (χ1) is 10.7. The van der Waals surface area contributed by atoms with E-state index in [1.165, 1.54) is 0 Å². The molecule has 0 aliphatic rings. The summed E-state index contributed by atoms with van der Waals surface area (Å²) in [6.07, 6.45) is -0.218. The van der Waals surface area contributed by atoms with E-state index in [0.29, 0.717) is 17.8 Å². The summed E-state index contributed by atoms with van der Waals surface area (Å²) in [5.74, 6) is -0.621. The van der Waals surface area contributed by atoms with Crippen molar-refractivity contribution in [3.05, 3.63) is 65.7 Å². The molecule has 0 unspecified atom stereocenters.